The van der Waals surface area contributed by atoms with Crippen LogP contribution in [0.3, 0.4) is 0 Å². The lowest BCUT2D eigenvalue weighted by atomic mass is 10.3. The van der Waals surface area contributed by atoms with Gasteiger partial charge in [0.2, 0.25) is 0 Å². The van der Waals surface area contributed by atoms with Gasteiger partial charge in [0, 0.05) is 6.07 Å². The predicted molar refractivity (Wildman–Crippen MR) is 78.6 cm³/mol. The van der Waals surface area contributed by atoms with Gasteiger partial charge >= 0.3 is 5.69 Å². The number of methoxy groups -OCH3 is 1. The fourth-order valence-electron chi connectivity index (χ4n) is 1.53. The Labute approximate surface area is 124 Å². The fraction of sp³-hybridized carbons (Fsp3) is 0.0833. The van der Waals surface area contributed by atoms with Gasteiger partial charge in [0.15, 0.2) is 0 Å². The minimum atomic E-state index is -3.86. The van der Waals surface area contributed by atoms with Gasteiger partial charge < -0.3 is 9.72 Å². The molecule has 0 unspecified atom stereocenters. The zero-order chi connectivity index (χ0) is 16.2. The van der Waals surface area contributed by atoms with E-state index in [-0.39, 0.29) is 10.6 Å². The molecular weight excluding hydrogens is 312 g/mol. The number of nitrogens with one attached hydrogen (secondary N) is 3. The van der Waals surface area contributed by atoms with Crippen molar-refractivity contribution in [1.29, 1.82) is 0 Å². The topological polar surface area (TPSA) is 133 Å². The number of rotatable bonds is 5. The van der Waals surface area contributed by atoms with Crippen molar-refractivity contribution >= 4 is 16.2 Å². The normalized spacial score (nSPS) is 11.5. The first-order chi connectivity index (χ1) is 10.4. The summed E-state index contributed by atoms with van der Waals surface area (Å²) in [6.45, 7) is 0. The van der Waals surface area contributed by atoms with E-state index >= 15 is 0 Å². The van der Waals surface area contributed by atoms with E-state index in [1.165, 1.54) is 31.4 Å². The van der Waals surface area contributed by atoms with Gasteiger partial charge in [0.05, 0.1) is 23.9 Å². The first kappa shape index (κ1) is 15.5. The van der Waals surface area contributed by atoms with Gasteiger partial charge in [-0.15, -0.1) is 0 Å². The maximum absolute atomic E-state index is 12.0. The van der Waals surface area contributed by atoms with Crippen molar-refractivity contribution in [3.05, 3.63) is 56.9 Å². The van der Waals surface area contributed by atoms with Crippen molar-refractivity contribution in [1.82, 2.24) is 14.8 Å². The van der Waals surface area contributed by atoms with Crippen LogP contribution in [0.15, 0.2) is 49.9 Å². The molecule has 9 nitrogen and oxygen atoms in total. The van der Waals surface area contributed by atoms with E-state index in [9.17, 15) is 18.0 Å². The van der Waals surface area contributed by atoms with Crippen molar-refractivity contribution in [2.24, 2.45) is 5.10 Å². The number of H-pyrrole nitrogens is 2. The number of hydrogen-bond donors (Lipinski definition) is 3. The van der Waals surface area contributed by atoms with Crippen molar-refractivity contribution in [2.45, 2.75) is 4.90 Å². The molecule has 0 aliphatic carbocycles. The molecule has 0 atom stereocenters. The third-order valence-electron chi connectivity index (χ3n) is 2.53. The first-order valence-electron chi connectivity index (χ1n) is 5.93. The molecule has 116 valence electrons. The summed E-state index contributed by atoms with van der Waals surface area (Å²) in [5.74, 6) is 0.517. The average Bonchev–Trinajstić information content (AvgIpc) is 2.46. The Balaban J connectivity index is 2.16. The van der Waals surface area contributed by atoms with Crippen LogP contribution in [0.2, 0.25) is 0 Å². The monoisotopic (exact) mass is 324 g/mol. The average molecular weight is 324 g/mol. The smallest absolute Gasteiger partial charge is 0.326 e. The lowest BCUT2D eigenvalue weighted by Gasteiger charge is -2.04. The Bertz CT molecular complexity index is 868. The van der Waals surface area contributed by atoms with E-state index in [4.69, 9.17) is 4.74 Å². The van der Waals surface area contributed by atoms with E-state index in [0.29, 0.717) is 5.75 Å². The molecule has 10 heteroatoms. The lowest BCUT2D eigenvalue weighted by molar-refractivity contribution is 0.414. The number of ether oxygens (including phenoxy) is 1. The van der Waals surface area contributed by atoms with Crippen molar-refractivity contribution in [2.75, 3.05) is 7.11 Å². The van der Waals surface area contributed by atoms with Gasteiger partial charge in [-0.3, -0.25) is 9.78 Å². The lowest BCUT2D eigenvalue weighted by Crippen LogP contribution is -2.23. The van der Waals surface area contributed by atoms with E-state index in [2.05, 4.69) is 10.1 Å². The molecule has 0 aliphatic heterocycles. The molecular formula is C12H12N4O5S. The van der Waals surface area contributed by atoms with Gasteiger partial charge in [-0.05, 0) is 24.3 Å². The van der Waals surface area contributed by atoms with E-state index in [0.717, 1.165) is 12.3 Å². The number of hydrazone groups is 1. The van der Waals surface area contributed by atoms with Crippen LogP contribution in [0.1, 0.15) is 5.69 Å². The highest BCUT2D eigenvalue weighted by Gasteiger charge is 2.12. The minimum Gasteiger partial charge on any atom is -0.497 e. The quantitative estimate of drug-likeness (QED) is 0.498. The SMILES string of the molecule is COc1ccc(S(=O)(=O)N/N=C\c2cc(=O)[nH]c(=O)[nH]2)cc1. The van der Waals surface area contributed by atoms with Crippen LogP contribution in [0.4, 0.5) is 0 Å². The summed E-state index contributed by atoms with van der Waals surface area (Å²) in [4.78, 5) is 28.3. The second kappa shape index (κ2) is 6.26. The minimum absolute atomic E-state index is 0.00940. The summed E-state index contributed by atoms with van der Waals surface area (Å²) < 4.78 is 28.8. The fourth-order valence-corrected chi connectivity index (χ4v) is 2.32. The molecule has 0 bridgehead atoms. The summed E-state index contributed by atoms with van der Waals surface area (Å²) in [6, 6.07) is 6.75. The van der Waals surface area contributed by atoms with Crippen LogP contribution in [0.25, 0.3) is 0 Å². The van der Waals surface area contributed by atoms with Gasteiger partial charge in [0.25, 0.3) is 15.6 Å². The largest absolute Gasteiger partial charge is 0.497 e. The maximum Gasteiger partial charge on any atom is 0.326 e. The zero-order valence-electron chi connectivity index (χ0n) is 11.4. The van der Waals surface area contributed by atoms with Crippen LogP contribution in [-0.2, 0) is 10.0 Å². The molecule has 0 fully saturated rings. The third kappa shape index (κ3) is 3.82. The number of nitrogens with zero attached hydrogens (tertiary/aromatic N) is 1. The molecule has 1 heterocycles. The third-order valence-corrected chi connectivity index (χ3v) is 3.77. The molecule has 1 aromatic heterocycles. The summed E-state index contributed by atoms with van der Waals surface area (Å²) in [5.41, 5.74) is -1.28. The highest BCUT2D eigenvalue weighted by molar-refractivity contribution is 7.89. The maximum atomic E-state index is 12.0. The molecule has 0 spiro atoms. The molecule has 0 aliphatic rings. The Hall–Kier alpha value is -2.88. The molecule has 0 radical (unpaired) electrons. The Morgan fingerprint density at radius 2 is 1.86 bits per heavy atom. The Morgan fingerprint density at radius 3 is 2.45 bits per heavy atom. The van der Waals surface area contributed by atoms with Gasteiger partial charge in [-0.25, -0.2) is 9.63 Å². The molecule has 2 aromatic rings. The first-order valence-corrected chi connectivity index (χ1v) is 7.41. The van der Waals surface area contributed by atoms with Gasteiger partial charge in [-0.1, -0.05) is 0 Å². The molecule has 0 saturated heterocycles. The second-order valence-electron chi connectivity index (χ2n) is 4.07. The van der Waals surface area contributed by atoms with Crippen molar-refractivity contribution < 1.29 is 13.2 Å². The van der Waals surface area contributed by atoms with E-state index < -0.39 is 21.3 Å². The number of sulfonamides is 1. The van der Waals surface area contributed by atoms with E-state index in [1.54, 1.807) is 0 Å². The zero-order valence-corrected chi connectivity index (χ0v) is 12.2. The Morgan fingerprint density at radius 1 is 1.18 bits per heavy atom. The number of hydrogen-bond acceptors (Lipinski definition) is 6. The molecule has 1 aromatic carbocycles. The van der Waals surface area contributed by atoms with Crippen LogP contribution in [0, 0.1) is 0 Å². The predicted octanol–water partition coefficient (Wildman–Crippen LogP) is -0.616. The summed E-state index contributed by atoms with van der Waals surface area (Å²) in [5, 5.41) is 3.50. The van der Waals surface area contributed by atoms with Crippen molar-refractivity contribution in [3.63, 3.8) is 0 Å². The highest BCUT2D eigenvalue weighted by Crippen LogP contribution is 2.15. The molecule has 22 heavy (non-hydrogen) atoms. The molecule has 0 amide bonds. The summed E-state index contributed by atoms with van der Waals surface area (Å²) >= 11 is 0. The Kier molecular flexibility index (Phi) is 4.41. The molecule has 3 N–H and O–H groups in total. The van der Waals surface area contributed by atoms with Gasteiger partial charge in [-0.2, -0.15) is 13.5 Å². The highest BCUT2D eigenvalue weighted by atomic mass is 32.2. The van der Waals surface area contributed by atoms with E-state index in [1.807, 2.05) is 9.82 Å². The van der Waals surface area contributed by atoms with Crippen LogP contribution in [0.5, 0.6) is 5.75 Å². The summed E-state index contributed by atoms with van der Waals surface area (Å²) in [6.07, 6.45) is 1.01. The van der Waals surface area contributed by atoms with Crippen LogP contribution >= 0.6 is 0 Å². The number of benzene rings is 1. The standard InChI is InChI=1S/C12H12N4O5S/c1-21-9-2-4-10(5-3-9)22(19,20)16-13-7-8-6-11(17)15-12(18)14-8/h2-7,16H,1H3,(H2,14,15,17,18)/b13-7-. The number of aromatic nitrogens is 2. The van der Waals surface area contributed by atoms with Gasteiger partial charge in [0.1, 0.15) is 5.75 Å². The molecule has 2 rings (SSSR count). The van der Waals surface area contributed by atoms with Crippen LogP contribution < -0.4 is 20.8 Å². The molecule has 0 saturated carbocycles. The van der Waals surface area contributed by atoms with Crippen molar-refractivity contribution in [3.8, 4) is 5.75 Å². The second-order valence-corrected chi connectivity index (χ2v) is 5.73. The van der Waals surface area contributed by atoms with Crippen LogP contribution in [-0.4, -0.2) is 31.7 Å². The number of aromatic amines is 2. The summed E-state index contributed by atoms with van der Waals surface area (Å²) in [7, 11) is -2.39.